The molecule has 0 aliphatic carbocycles. The first-order valence-corrected chi connectivity index (χ1v) is 7.71. The minimum absolute atomic E-state index is 0.0587. The molecule has 2 aromatic rings. The fourth-order valence-corrected chi connectivity index (χ4v) is 2.87. The molecule has 1 N–H and O–H groups in total. The fourth-order valence-electron chi connectivity index (χ4n) is 2.87. The smallest absolute Gasteiger partial charge is 0.338 e. The van der Waals surface area contributed by atoms with E-state index in [0.29, 0.717) is 16.8 Å². The van der Waals surface area contributed by atoms with E-state index in [0.717, 1.165) is 0 Å². The summed E-state index contributed by atoms with van der Waals surface area (Å²) in [4.78, 5) is 12.5. The van der Waals surface area contributed by atoms with Crippen LogP contribution in [0.4, 0.5) is 14.5 Å². The van der Waals surface area contributed by atoms with Gasteiger partial charge in [0.25, 0.3) is 5.92 Å². The molecule has 1 aliphatic heterocycles. The van der Waals surface area contributed by atoms with Gasteiger partial charge in [-0.2, -0.15) is 10.4 Å². The number of hydrogen-bond acceptors (Lipinski definition) is 4. The van der Waals surface area contributed by atoms with Crippen LogP contribution in [0, 0.1) is 17.2 Å². The first kappa shape index (κ1) is 16.9. The van der Waals surface area contributed by atoms with Gasteiger partial charge < -0.3 is 10.0 Å². The number of rotatable bonds is 4. The minimum Gasteiger partial charge on any atom is -0.478 e. The van der Waals surface area contributed by atoms with Crippen LogP contribution in [-0.4, -0.2) is 39.9 Å². The van der Waals surface area contributed by atoms with Crippen molar-refractivity contribution in [1.82, 2.24) is 9.78 Å². The Morgan fingerprint density at radius 3 is 2.84 bits per heavy atom. The summed E-state index contributed by atoms with van der Waals surface area (Å²) in [6.07, 6.45) is 2.61. The van der Waals surface area contributed by atoms with Crippen LogP contribution in [0.2, 0.25) is 0 Å². The highest BCUT2D eigenvalue weighted by molar-refractivity contribution is 5.86. The van der Waals surface area contributed by atoms with Crippen LogP contribution in [0.25, 0.3) is 0 Å². The molecule has 0 bridgehead atoms. The molecule has 1 aromatic carbocycles. The SMILES string of the molecule is CC1CN(c2ccc(Cn3cc(C(=O)O)cn3)c(C#N)c2)CC1(F)F. The predicted octanol–water partition coefficient (Wildman–Crippen LogP) is 2.59. The average molecular weight is 346 g/mol. The second-order valence-corrected chi connectivity index (χ2v) is 6.23. The summed E-state index contributed by atoms with van der Waals surface area (Å²) in [5.74, 6) is -4.56. The van der Waals surface area contributed by atoms with E-state index >= 15 is 0 Å². The summed E-state index contributed by atoms with van der Waals surface area (Å²) in [5.41, 5.74) is 1.64. The molecule has 130 valence electrons. The first-order valence-electron chi connectivity index (χ1n) is 7.71. The van der Waals surface area contributed by atoms with Crippen molar-refractivity contribution in [3.8, 4) is 6.07 Å². The van der Waals surface area contributed by atoms with Gasteiger partial charge in [-0.3, -0.25) is 4.68 Å². The maximum absolute atomic E-state index is 13.7. The maximum Gasteiger partial charge on any atom is 0.338 e. The van der Waals surface area contributed by atoms with Gasteiger partial charge in [-0.05, 0) is 17.7 Å². The van der Waals surface area contributed by atoms with Crippen molar-refractivity contribution in [3.05, 3.63) is 47.3 Å². The number of aromatic carboxylic acids is 1. The number of alkyl halides is 2. The van der Waals surface area contributed by atoms with Crippen LogP contribution < -0.4 is 4.90 Å². The number of halogens is 2. The van der Waals surface area contributed by atoms with Crippen molar-refractivity contribution in [2.24, 2.45) is 5.92 Å². The number of anilines is 1. The third-order valence-electron chi connectivity index (χ3n) is 4.41. The van der Waals surface area contributed by atoms with Gasteiger partial charge in [-0.25, -0.2) is 13.6 Å². The largest absolute Gasteiger partial charge is 0.478 e. The van der Waals surface area contributed by atoms with Crippen molar-refractivity contribution < 1.29 is 18.7 Å². The fraction of sp³-hybridized carbons (Fsp3) is 0.353. The van der Waals surface area contributed by atoms with Gasteiger partial charge in [0, 0.05) is 24.3 Å². The molecule has 0 radical (unpaired) electrons. The lowest BCUT2D eigenvalue weighted by Gasteiger charge is -2.19. The molecule has 8 heteroatoms. The zero-order valence-corrected chi connectivity index (χ0v) is 13.5. The third kappa shape index (κ3) is 3.31. The van der Waals surface area contributed by atoms with Gasteiger partial charge in [-0.1, -0.05) is 13.0 Å². The Morgan fingerprint density at radius 1 is 1.52 bits per heavy atom. The Morgan fingerprint density at radius 2 is 2.28 bits per heavy atom. The number of carboxylic acids is 1. The van der Waals surface area contributed by atoms with Crippen molar-refractivity contribution >= 4 is 11.7 Å². The molecule has 1 fully saturated rings. The Hall–Kier alpha value is -2.95. The molecule has 25 heavy (non-hydrogen) atoms. The maximum atomic E-state index is 13.7. The monoisotopic (exact) mass is 346 g/mol. The van der Waals surface area contributed by atoms with E-state index in [1.807, 2.05) is 0 Å². The number of carboxylic acid groups (broad SMARTS) is 1. The minimum atomic E-state index is -2.74. The number of hydrogen-bond donors (Lipinski definition) is 1. The zero-order chi connectivity index (χ0) is 18.2. The number of benzene rings is 1. The molecule has 0 spiro atoms. The molecule has 1 unspecified atom stereocenters. The summed E-state index contributed by atoms with van der Waals surface area (Å²) in [5, 5.41) is 22.2. The molecule has 0 saturated carbocycles. The Balaban J connectivity index is 1.83. The van der Waals surface area contributed by atoms with Crippen LogP contribution in [-0.2, 0) is 6.54 Å². The highest BCUT2D eigenvalue weighted by atomic mass is 19.3. The van der Waals surface area contributed by atoms with Gasteiger partial charge in [0.15, 0.2) is 0 Å². The predicted molar refractivity (Wildman–Crippen MR) is 85.8 cm³/mol. The molecular formula is C17H16F2N4O2. The third-order valence-corrected chi connectivity index (χ3v) is 4.41. The average Bonchev–Trinajstić information content (AvgIpc) is 3.13. The molecule has 0 amide bonds. The van der Waals surface area contributed by atoms with E-state index in [1.54, 1.807) is 23.1 Å². The summed E-state index contributed by atoms with van der Waals surface area (Å²) in [6.45, 7) is 1.61. The number of aromatic nitrogens is 2. The second kappa shape index (κ2) is 6.16. The Kier molecular flexibility index (Phi) is 4.17. The van der Waals surface area contributed by atoms with E-state index in [4.69, 9.17) is 5.11 Å². The van der Waals surface area contributed by atoms with Crippen LogP contribution in [0.5, 0.6) is 0 Å². The molecule has 2 heterocycles. The number of nitrogens with zero attached hydrogens (tertiary/aromatic N) is 4. The highest BCUT2D eigenvalue weighted by Gasteiger charge is 2.45. The summed E-state index contributed by atoms with van der Waals surface area (Å²) >= 11 is 0. The lowest BCUT2D eigenvalue weighted by atomic mass is 10.1. The van der Waals surface area contributed by atoms with Crippen LogP contribution >= 0.6 is 0 Å². The van der Waals surface area contributed by atoms with Gasteiger partial charge in [0.1, 0.15) is 0 Å². The van der Waals surface area contributed by atoms with Gasteiger partial charge in [0.2, 0.25) is 0 Å². The van der Waals surface area contributed by atoms with Crippen molar-refractivity contribution in [3.63, 3.8) is 0 Å². The number of nitriles is 1. The van der Waals surface area contributed by atoms with Gasteiger partial charge in [0.05, 0.1) is 36.5 Å². The van der Waals surface area contributed by atoms with Crippen LogP contribution in [0.1, 0.15) is 28.4 Å². The Labute approximate surface area is 142 Å². The quantitative estimate of drug-likeness (QED) is 0.920. The molecule has 1 aromatic heterocycles. The molecular weight excluding hydrogens is 330 g/mol. The lowest BCUT2D eigenvalue weighted by Crippen LogP contribution is -2.26. The van der Waals surface area contributed by atoms with E-state index in [2.05, 4.69) is 11.2 Å². The van der Waals surface area contributed by atoms with Crippen molar-refractivity contribution in [1.29, 1.82) is 5.26 Å². The van der Waals surface area contributed by atoms with E-state index in [-0.39, 0.29) is 25.2 Å². The van der Waals surface area contributed by atoms with E-state index < -0.39 is 17.8 Å². The molecule has 6 nitrogen and oxygen atoms in total. The molecule has 1 saturated heterocycles. The summed E-state index contributed by atoms with van der Waals surface area (Å²) in [7, 11) is 0. The zero-order valence-electron chi connectivity index (χ0n) is 13.5. The molecule has 1 aliphatic rings. The van der Waals surface area contributed by atoms with Crippen molar-refractivity contribution in [2.45, 2.75) is 19.4 Å². The summed E-state index contributed by atoms with van der Waals surface area (Å²) in [6, 6.07) is 7.05. The molecule has 1 atom stereocenters. The first-order chi connectivity index (χ1) is 11.8. The Bertz CT molecular complexity index is 857. The summed E-state index contributed by atoms with van der Waals surface area (Å²) < 4.78 is 28.9. The number of carbonyl (C=O) groups is 1. The van der Waals surface area contributed by atoms with E-state index in [9.17, 15) is 18.8 Å². The van der Waals surface area contributed by atoms with E-state index in [1.165, 1.54) is 24.0 Å². The standard InChI is InChI=1S/C17H16F2N4O2/c1-11-7-22(10-17(11,18)19)15-3-2-12(13(4-15)5-20)8-23-9-14(6-21-23)16(24)25/h2-4,6,9,11H,7-8,10H2,1H3,(H,24,25). The van der Waals surface area contributed by atoms with Crippen LogP contribution in [0.15, 0.2) is 30.6 Å². The van der Waals surface area contributed by atoms with Gasteiger partial charge >= 0.3 is 5.97 Å². The normalized spacial score (nSPS) is 19.0. The highest BCUT2D eigenvalue weighted by Crippen LogP contribution is 2.35. The topological polar surface area (TPSA) is 82.2 Å². The lowest BCUT2D eigenvalue weighted by molar-refractivity contribution is -0.0137. The van der Waals surface area contributed by atoms with Crippen molar-refractivity contribution in [2.75, 3.05) is 18.0 Å². The molecule has 3 rings (SSSR count). The second-order valence-electron chi connectivity index (χ2n) is 6.23. The van der Waals surface area contributed by atoms with Gasteiger partial charge in [-0.15, -0.1) is 0 Å². The van der Waals surface area contributed by atoms with Crippen LogP contribution in [0.3, 0.4) is 0 Å².